The number of hydrogen-bond acceptors (Lipinski definition) is 3. The van der Waals surface area contributed by atoms with Crippen molar-refractivity contribution in [1.29, 1.82) is 0 Å². The minimum atomic E-state index is -0.967. The number of pyridine rings is 1. The van der Waals surface area contributed by atoms with E-state index >= 15 is 0 Å². The molecule has 0 bridgehead atoms. The van der Waals surface area contributed by atoms with E-state index < -0.39 is 5.97 Å². The van der Waals surface area contributed by atoms with Gasteiger partial charge >= 0.3 is 5.97 Å². The monoisotopic (exact) mass is 345 g/mol. The molecule has 0 aliphatic carbocycles. The summed E-state index contributed by atoms with van der Waals surface area (Å²) in [5.74, 6) is -0.399. The van der Waals surface area contributed by atoms with Crippen molar-refractivity contribution < 1.29 is 14.3 Å². The Morgan fingerprint density at radius 2 is 2.10 bits per heavy atom. The van der Waals surface area contributed by atoms with Gasteiger partial charge in [-0.15, -0.1) is 0 Å². The first-order chi connectivity index (χ1) is 9.99. The summed E-state index contributed by atoms with van der Waals surface area (Å²) < 4.78 is 6.22. The SMILES string of the molecule is Cc1c(-c2ccco2)nc2c(C)cc(Br)cc2c1C(=O)O. The molecule has 0 fully saturated rings. The molecule has 0 unspecified atom stereocenters. The topological polar surface area (TPSA) is 63.3 Å². The van der Waals surface area contributed by atoms with Crippen molar-refractivity contribution in [3.63, 3.8) is 0 Å². The Hall–Kier alpha value is -2.14. The van der Waals surface area contributed by atoms with Crippen LogP contribution >= 0.6 is 15.9 Å². The van der Waals surface area contributed by atoms with E-state index in [1.807, 2.05) is 13.0 Å². The van der Waals surface area contributed by atoms with Gasteiger partial charge in [-0.2, -0.15) is 0 Å². The first-order valence-corrected chi connectivity index (χ1v) is 7.16. The highest BCUT2D eigenvalue weighted by molar-refractivity contribution is 9.10. The second-order valence-corrected chi connectivity index (χ2v) is 5.78. The van der Waals surface area contributed by atoms with Crippen molar-refractivity contribution >= 4 is 32.8 Å². The molecule has 0 amide bonds. The lowest BCUT2D eigenvalue weighted by Crippen LogP contribution is -2.05. The first-order valence-electron chi connectivity index (χ1n) is 6.36. The second kappa shape index (κ2) is 5.00. The summed E-state index contributed by atoms with van der Waals surface area (Å²) in [7, 11) is 0. The number of halogens is 1. The van der Waals surface area contributed by atoms with Crippen LogP contribution in [0.15, 0.2) is 39.4 Å². The molecule has 1 aromatic carbocycles. The summed E-state index contributed by atoms with van der Waals surface area (Å²) in [5, 5.41) is 10.2. The number of fused-ring (bicyclic) bond motifs is 1. The molecule has 0 atom stereocenters. The molecular weight excluding hydrogens is 334 g/mol. The Kier molecular flexibility index (Phi) is 3.29. The van der Waals surface area contributed by atoms with Crippen molar-refractivity contribution in [1.82, 2.24) is 4.98 Å². The Labute approximate surface area is 129 Å². The van der Waals surface area contributed by atoms with E-state index in [1.54, 1.807) is 31.4 Å². The van der Waals surface area contributed by atoms with E-state index in [0.717, 1.165) is 10.0 Å². The lowest BCUT2D eigenvalue weighted by molar-refractivity contribution is 0.0698. The highest BCUT2D eigenvalue weighted by atomic mass is 79.9. The van der Waals surface area contributed by atoms with Crippen molar-refractivity contribution in [3.05, 3.63) is 51.7 Å². The average molecular weight is 346 g/mol. The third-order valence-electron chi connectivity index (χ3n) is 3.46. The van der Waals surface area contributed by atoms with Crippen LogP contribution in [0.1, 0.15) is 21.5 Å². The lowest BCUT2D eigenvalue weighted by Gasteiger charge is -2.12. The minimum absolute atomic E-state index is 0.260. The summed E-state index contributed by atoms with van der Waals surface area (Å²) >= 11 is 3.41. The van der Waals surface area contributed by atoms with E-state index in [0.29, 0.717) is 27.9 Å². The van der Waals surface area contributed by atoms with E-state index in [9.17, 15) is 9.90 Å². The molecule has 3 rings (SSSR count). The van der Waals surface area contributed by atoms with Crippen molar-refractivity contribution in [2.24, 2.45) is 0 Å². The minimum Gasteiger partial charge on any atom is -0.478 e. The number of benzene rings is 1. The summed E-state index contributed by atoms with van der Waals surface area (Å²) in [6.07, 6.45) is 1.55. The molecule has 0 aliphatic heterocycles. The van der Waals surface area contributed by atoms with Crippen LogP contribution in [0.4, 0.5) is 0 Å². The summed E-state index contributed by atoms with van der Waals surface area (Å²) in [4.78, 5) is 16.3. The highest BCUT2D eigenvalue weighted by Crippen LogP contribution is 2.33. The van der Waals surface area contributed by atoms with Crippen LogP contribution in [0.2, 0.25) is 0 Å². The van der Waals surface area contributed by atoms with Crippen LogP contribution in [0.3, 0.4) is 0 Å². The fourth-order valence-electron chi connectivity index (χ4n) is 2.52. The molecule has 0 spiro atoms. The third-order valence-corrected chi connectivity index (χ3v) is 3.91. The average Bonchev–Trinajstić information content (AvgIpc) is 2.91. The zero-order valence-corrected chi connectivity index (χ0v) is 13.1. The Balaban J connectivity index is 2.48. The summed E-state index contributed by atoms with van der Waals surface area (Å²) in [5.41, 5.74) is 3.01. The maximum absolute atomic E-state index is 11.7. The number of aryl methyl sites for hydroxylation is 1. The van der Waals surface area contributed by atoms with E-state index in [1.165, 1.54) is 0 Å². The second-order valence-electron chi connectivity index (χ2n) is 4.86. The predicted octanol–water partition coefficient (Wildman–Crippen LogP) is 4.57. The van der Waals surface area contributed by atoms with Gasteiger partial charge in [0.05, 0.1) is 17.3 Å². The Bertz CT molecular complexity index is 854. The molecule has 0 aliphatic rings. The van der Waals surface area contributed by atoms with Gasteiger partial charge in [-0.25, -0.2) is 9.78 Å². The van der Waals surface area contributed by atoms with Crippen LogP contribution in [-0.2, 0) is 0 Å². The van der Waals surface area contributed by atoms with Gasteiger partial charge in [-0.05, 0) is 49.2 Å². The molecule has 21 heavy (non-hydrogen) atoms. The molecule has 106 valence electrons. The smallest absolute Gasteiger partial charge is 0.336 e. The summed E-state index contributed by atoms with van der Waals surface area (Å²) in [6, 6.07) is 7.25. The van der Waals surface area contributed by atoms with Crippen LogP contribution < -0.4 is 0 Å². The van der Waals surface area contributed by atoms with Crippen molar-refractivity contribution in [3.8, 4) is 11.5 Å². The number of aromatic carboxylic acids is 1. The molecule has 2 heterocycles. The standard InChI is InChI=1S/C16H12BrNO3/c1-8-6-10(17)7-11-13(16(19)20)9(2)15(18-14(8)11)12-4-3-5-21-12/h3-7H,1-2H3,(H,19,20). The van der Waals surface area contributed by atoms with Gasteiger partial charge in [0.2, 0.25) is 0 Å². The van der Waals surface area contributed by atoms with Crippen molar-refractivity contribution in [2.75, 3.05) is 0 Å². The van der Waals surface area contributed by atoms with E-state index in [-0.39, 0.29) is 5.56 Å². The zero-order chi connectivity index (χ0) is 15.1. The van der Waals surface area contributed by atoms with Crippen molar-refractivity contribution in [2.45, 2.75) is 13.8 Å². The molecule has 0 saturated heterocycles. The molecule has 0 saturated carbocycles. The van der Waals surface area contributed by atoms with Gasteiger partial charge in [0.1, 0.15) is 5.69 Å². The normalized spacial score (nSPS) is 11.0. The number of carboxylic acids is 1. The molecule has 2 aromatic heterocycles. The van der Waals surface area contributed by atoms with Crippen LogP contribution in [-0.4, -0.2) is 16.1 Å². The molecule has 1 N–H and O–H groups in total. The van der Waals surface area contributed by atoms with Gasteiger partial charge in [0.25, 0.3) is 0 Å². The predicted molar refractivity (Wildman–Crippen MR) is 83.6 cm³/mol. The Morgan fingerprint density at radius 1 is 1.33 bits per heavy atom. The molecular formula is C16H12BrNO3. The first kappa shape index (κ1) is 13.8. The number of hydrogen-bond donors (Lipinski definition) is 1. The quantitative estimate of drug-likeness (QED) is 0.738. The molecule has 3 aromatic rings. The fourth-order valence-corrected chi connectivity index (χ4v) is 3.09. The van der Waals surface area contributed by atoms with Gasteiger partial charge in [-0.3, -0.25) is 0 Å². The summed E-state index contributed by atoms with van der Waals surface area (Å²) in [6.45, 7) is 3.66. The number of carboxylic acid groups (broad SMARTS) is 1. The third kappa shape index (κ3) is 2.23. The fraction of sp³-hybridized carbons (Fsp3) is 0.125. The lowest BCUT2D eigenvalue weighted by atomic mass is 9.98. The number of aromatic nitrogens is 1. The van der Waals surface area contributed by atoms with Gasteiger partial charge in [0, 0.05) is 9.86 Å². The largest absolute Gasteiger partial charge is 0.478 e. The Morgan fingerprint density at radius 3 is 2.71 bits per heavy atom. The van der Waals surface area contributed by atoms with Crippen LogP contribution in [0.25, 0.3) is 22.4 Å². The van der Waals surface area contributed by atoms with E-state index in [2.05, 4.69) is 20.9 Å². The molecule has 5 heteroatoms. The maximum Gasteiger partial charge on any atom is 0.336 e. The van der Waals surface area contributed by atoms with Crippen LogP contribution in [0.5, 0.6) is 0 Å². The van der Waals surface area contributed by atoms with Crippen LogP contribution in [0, 0.1) is 13.8 Å². The van der Waals surface area contributed by atoms with Gasteiger partial charge in [-0.1, -0.05) is 15.9 Å². The molecule has 0 radical (unpaired) electrons. The zero-order valence-electron chi connectivity index (χ0n) is 11.5. The number of furan rings is 1. The number of nitrogens with zero attached hydrogens (tertiary/aromatic N) is 1. The van der Waals surface area contributed by atoms with Gasteiger partial charge in [0.15, 0.2) is 5.76 Å². The number of carbonyl (C=O) groups is 1. The van der Waals surface area contributed by atoms with Gasteiger partial charge < -0.3 is 9.52 Å². The van der Waals surface area contributed by atoms with E-state index in [4.69, 9.17) is 4.42 Å². The number of rotatable bonds is 2. The molecule has 4 nitrogen and oxygen atoms in total. The highest BCUT2D eigenvalue weighted by Gasteiger charge is 2.20. The maximum atomic E-state index is 11.7.